The Kier molecular flexibility index (Phi) is 4.56. The Balaban J connectivity index is 2.48. The quantitative estimate of drug-likeness (QED) is 0.750. The number of aliphatic hydroxyl groups is 2. The van der Waals surface area contributed by atoms with Crippen molar-refractivity contribution in [3.63, 3.8) is 0 Å². The molecule has 1 aliphatic rings. The molecule has 0 aromatic heterocycles. The first-order chi connectivity index (χ1) is 6.93. The predicted octanol–water partition coefficient (Wildman–Crippen LogP) is 1.57. The van der Waals surface area contributed by atoms with Crippen molar-refractivity contribution in [3.8, 4) is 0 Å². The molecule has 90 valence electrons. The first kappa shape index (κ1) is 12.9. The summed E-state index contributed by atoms with van der Waals surface area (Å²) in [6.45, 7) is 8.31. The highest BCUT2D eigenvalue weighted by molar-refractivity contribution is 4.91. The second-order valence-electron chi connectivity index (χ2n) is 5.34. The fourth-order valence-electron chi connectivity index (χ4n) is 2.06. The van der Waals surface area contributed by atoms with Crippen molar-refractivity contribution in [1.82, 2.24) is 0 Å². The molecule has 3 heteroatoms. The van der Waals surface area contributed by atoms with Gasteiger partial charge in [0.05, 0.1) is 12.2 Å². The van der Waals surface area contributed by atoms with Gasteiger partial charge in [0.1, 0.15) is 12.2 Å². The van der Waals surface area contributed by atoms with E-state index in [1.807, 2.05) is 13.8 Å². The van der Waals surface area contributed by atoms with Crippen LogP contribution in [0.25, 0.3) is 0 Å². The van der Waals surface area contributed by atoms with Crippen LogP contribution < -0.4 is 0 Å². The summed E-state index contributed by atoms with van der Waals surface area (Å²) in [5.74, 6) is 0.856. The van der Waals surface area contributed by atoms with E-state index in [1.165, 1.54) is 0 Å². The van der Waals surface area contributed by atoms with Crippen LogP contribution in [0.15, 0.2) is 0 Å². The van der Waals surface area contributed by atoms with Gasteiger partial charge >= 0.3 is 0 Å². The number of rotatable bonds is 4. The molecule has 0 aromatic carbocycles. The topological polar surface area (TPSA) is 49.7 Å². The third-order valence-electron chi connectivity index (χ3n) is 3.08. The Morgan fingerprint density at radius 1 is 1.07 bits per heavy atom. The number of hydrogen-bond donors (Lipinski definition) is 2. The predicted molar refractivity (Wildman–Crippen MR) is 59.6 cm³/mol. The highest BCUT2D eigenvalue weighted by Crippen LogP contribution is 2.29. The summed E-state index contributed by atoms with van der Waals surface area (Å²) in [6, 6.07) is 0. The molecule has 1 heterocycles. The maximum absolute atomic E-state index is 9.81. The van der Waals surface area contributed by atoms with E-state index in [0.717, 1.165) is 12.8 Å². The highest BCUT2D eigenvalue weighted by atomic mass is 16.5. The molecule has 1 fully saturated rings. The van der Waals surface area contributed by atoms with E-state index in [2.05, 4.69) is 13.8 Å². The van der Waals surface area contributed by atoms with E-state index in [-0.39, 0.29) is 18.1 Å². The summed E-state index contributed by atoms with van der Waals surface area (Å²) >= 11 is 0. The van der Waals surface area contributed by atoms with Gasteiger partial charge < -0.3 is 14.9 Å². The lowest BCUT2D eigenvalue weighted by atomic mass is 9.97. The van der Waals surface area contributed by atoms with Gasteiger partial charge in [-0.15, -0.1) is 0 Å². The molecule has 0 amide bonds. The molecule has 0 aliphatic carbocycles. The molecule has 0 spiro atoms. The summed E-state index contributed by atoms with van der Waals surface area (Å²) in [5, 5.41) is 19.6. The van der Waals surface area contributed by atoms with Crippen LogP contribution in [0.5, 0.6) is 0 Å². The average molecular weight is 216 g/mol. The molecule has 4 atom stereocenters. The van der Waals surface area contributed by atoms with Crippen molar-refractivity contribution in [2.45, 2.75) is 65.0 Å². The molecule has 1 rings (SSSR count). The van der Waals surface area contributed by atoms with Crippen molar-refractivity contribution in [3.05, 3.63) is 0 Å². The second-order valence-corrected chi connectivity index (χ2v) is 5.34. The Hall–Kier alpha value is -0.120. The average Bonchev–Trinajstić information content (AvgIpc) is 2.41. The summed E-state index contributed by atoms with van der Waals surface area (Å²) in [7, 11) is 0. The minimum atomic E-state index is -0.720. The lowest BCUT2D eigenvalue weighted by Crippen LogP contribution is -2.34. The van der Waals surface area contributed by atoms with Crippen LogP contribution in [0, 0.1) is 11.8 Å². The largest absolute Gasteiger partial charge is 0.388 e. The molecule has 4 unspecified atom stereocenters. The lowest BCUT2D eigenvalue weighted by molar-refractivity contribution is -0.0208. The van der Waals surface area contributed by atoms with Crippen molar-refractivity contribution < 1.29 is 14.9 Å². The molecule has 2 N–H and O–H groups in total. The Bertz CT molecular complexity index is 191. The van der Waals surface area contributed by atoms with Gasteiger partial charge in [-0.05, 0) is 24.7 Å². The smallest absolute Gasteiger partial charge is 0.109 e. The Morgan fingerprint density at radius 2 is 1.67 bits per heavy atom. The first-order valence-corrected chi connectivity index (χ1v) is 5.95. The third-order valence-corrected chi connectivity index (χ3v) is 3.08. The van der Waals surface area contributed by atoms with Gasteiger partial charge in [-0.1, -0.05) is 27.7 Å². The van der Waals surface area contributed by atoms with Crippen LogP contribution >= 0.6 is 0 Å². The van der Waals surface area contributed by atoms with E-state index in [4.69, 9.17) is 4.74 Å². The molecule has 15 heavy (non-hydrogen) atoms. The van der Waals surface area contributed by atoms with Crippen LogP contribution in [-0.2, 0) is 4.74 Å². The number of ether oxygens (including phenoxy) is 1. The third kappa shape index (κ3) is 3.16. The zero-order chi connectivity index (χ0) is 11.6. The molecule has 0 radical (unpaired) electrons. The Morgan fingerprint density at radius 3 is 2.07 bits per heavy atom. The zero-order valence-corrected chi connectivity index (χ0v) is 10.2. The normalized spacial score (nSPS) is 36.8. The summed E-state index contributed by atoms with van der Waals surface area (Å²) in [4.78, 5) is 0. The van der Waals surface area contributed by atoms with Gasteiger partial charge in [-0.3, -0.25) is 0 Å². The highest BCUT2D eigenvalue weighted by Gasteiger charge is 2.43. The van der Waals surface area contributed by atoms with E-state index in [9.17, 15) is 10.2 Å². The van der Waals surface area contributed by atoms with Gasteiger partial charge in [0.15, 0.2) is 0 Å². The summed E-state index contributed by atoms with van der Waals surface area (Å²) in [5.41, 5.74) is 0. The van der Waals surface area contributed by atoms with Crippen molar-refractivity contribution in [2.24, 2.45) is 11.8 Å². The number of hydrogen-bond acceptors (Lipinski definition) is 3. The van der Waals surface area contributed by atoms with Crippen molar-refractivity contribution >= 4 is 0 Å². The second kappa shape index (κ2) is 5.28. The van der Waals surface area contributed by atoms with Gasteiger partial charge in [-0.2, -0.15) is 0 Å². The maximum Gasteiger partial charge on any atom is 0.109 e. The summed E-state index contributed by atoms with van der Waals surface area (Å²) in [6.07, 6.45) is 0.0310. The van der Waals surface area contributed by atoms with Crippen molar-refractivity contribution in [2.75, 3.05) is 0 Å². The van der Waals surface area contributed by atoms with E-state index >= 15 is 0 Å². The van der Waals surface area contributed by atoms with Crippen LogP contribution in [0.4, 0.5) is 0 Å². The van der Waals surface area contributed by atoms with Gasteiger partial charge in [0.25, 0.3) is 0 Å². The number of aliphatic hydroxyl groups excluding tert-OH is 2. The SMILES string of the molecule is CC(C)CCC1OC(C(C)C)C(O)C1O. The monoisotopic (exact) mass is 216 g/mol. The van der Waals surface area contributed by atoms with Crippen LogP contribution in [0.2, 0.25) is 0 Å². The molecule has 1 saturated heterocycles. The summed E-state index contributed by atoms with van der Waals surface area (Å²) < 4.78 is 5.70. The van der Waals surface area contributed by atoms with Crippen LogP contribution in [-0.4, -0.2) is 34.6 Å². The van der Waals surface area contributed by atoms with Crippen molar-refractivity contribution in [1.29, 1.82) is 0 Å². The fraction of sp³-hybridized carbons (Fsp3) is 1.00. The maximum atomic E-state index is 9.81. The van der Waals surface area contributed by atoms with E-state index in [1.54, 1.807) is 0 Å². The Labute approximate surface area is 92.4 Å². The van der Waals surface area contributed by atoms with E-state index in [0.29, 0.717) is 5.92 Å². The first-order valence-electron chi connectivity index (χ1n) is 5.95. The standard InChI is InChI=1S/C12H24O3/c1-7(2)5-6-9-10(13)11(14)12(15-9)8(3)4/h7-14H,5-6H2,1-4H3. The minimum Gasteiger partial charge on any atom is -0.388 e. The molecule has 0 aromatic rings. The van der Waals surface area contributed by atoms with Gasteiger partial charge in [0, 0.05) is 0 Å². The molecule has 0 saturated carbocycles. The molecule has 1 aliphatic heterocycles. The van der Waals surface area contributed by atoms with E-state index < -0.39 is 12.2 Å². The molecular weight excluding hydrogens is 192 g/mol. The minimum absolute atomic E-state index is 0.185. The molecule has 3 nitrogen and oxygen atoms in total. The zero-order valence-electron chi connectivity index (χ0n) is 10.2. The van der Waals surface area contributed by atoms with Crippen LogP contribution in [0.1, 0.15) is 40.5 Å². The molecule has 0 bridgehead atoms. The molecular formula is C12H24O3. The lowest BCUT2D eigenvalue weighted by Gasteiger charge is -2.18. The van der Waals surface area contributed by atoms with Gasteiger partial charge in [0.2, 0.25) is 0 Å². The fourth-order valence-corrected chi connectivity index (χ4v) is 2.06. The van der Waals surface area contributed by atoms with Crippen LogP contribution in [0.3, 0.4) is 0 Å². The van der Waals surface area contributed by atoms with Gasteiger partial charge in [-0.25, -0.2) is 0 Å².